The lowest BCUT2D eigenvalue weighted by Crippen LogP contribution is -2.63. The fourth-order valence-corrected chi connectivity index (χ4v) is 6.85. The first-order chi connectivity index (χ1) is 26.0. The van der Waals surface area contributed by atoms with Gasteiger partial charge in [-0.15, -0.1) is 9.24 Å². The lowest BCUT2D eigenvalue weighted by molar-refractivity contribution is -0.361. The first-order valence-electron chi connectivity index (χ1n) is 18.2. The second-order valence-electron chi connectivity index (χ2n) is 13.4. The van der Waals surface area contributed by atoms with Crippen LogP contribution in [0, 0.1) is 5.92 Å². The summed E-state index contributed by atoms with van der Waals surface area (Å²) in [5.41, 5.74) is 3.91. The molecule has 2 fully saturated rings. The van der Waals surface area contributed by atoms with Crippen molar-refractivity contribution in [2.75, 3.05) is 19.6 Å². The van der Waals surface area contributed by atoms with Crippen molar-refractivity contribution in [3.05, 3.63) is 144 Å². The molecule has 2 N–H and O–H groups in total. The second kappa shape index (κ2) is 20.6. The summed E-state index contributed by atoms with van der Waals surface area (Å²) in [5.74, 6) is -0.297. The van der Waals surface area contributed by atoms with E-state index in [1.165, 1.54) is 0 Å². The van der Waals surface area contributed by atoms with Gasteiger partial charge in [-0.25, -0.2) is 0 Å². The topological polar surface area (TPSA) is 114 Å². The lowest BCUT2D eigenvalue weighted by Gasteiger charge is -2.48. The Balaban J connectivity index is 1.24. The Morgan fingerprint density at radius 1 is 0.509 bits per heavy atom. The van der Waals surface area contributed by atoms with Gasteiger partial charge in [-0.1, -0.05) is 128 Å². The number of ether oxygens (including phenoxy) is 8. The largest absolute Gasteiger partial charge is 0.387 e. The molecule has 10 nitrogen and oxygen atoms in total. The Kier molecular flexibility index (Phi) is 15.4. The Morgan fingerprint density at radius 3 is 1.43 bits per heavy atom. The first-order valence-corrected chi connectivity index (χ1v) is 19.0. The molecule has 2 aliphatic heterocycles. The third-order valence-electron chi connectivity index (χ3n) is 9.53. The maximum Gasteiger partial charge on any atom is 0.187 e. The molecule has 11 atom stereocenters. The SMILES string of the molecule is CC1C(OCc2ccccc2)[C@H](OCP)O[C@@H](COCc2ccccc2)[C@H]1O[C@@H]1OC(COCc2ccccc2)[C@H](O)[C@H](O)C1OCc1ccccc1. The van der Waals surface area contributed by atoms with Gasteiger partial charge in [0.2, 0.25) is 0 Å². The summed E-state index contributed by atoms with van der Waals surface area (Å²) in [7, 11) is 2.58. The molecule has 0 aliphatic carbocycles. The van der Waals surface area contributed by atoms with Crippen LogP contribution in [-0.2, 0) is 64.3 Å². The average Bonchev–Trinajstić information content (AvgIpc) is 3.19. The molecule has 0 spiro atoms. The van der Waals surface area contributed by atoms with E-state index >= 15 is 0 Å². The van der Waals surface area contributed by atoms with E-state index in [1.54, 1.807) is 0 Å². The molecule has 6 rings (SSSR count). The lowest BCUT2D eigenvalue weighted by atomic mass is 9.90. The molecule has 5 unspecified atom stereocenters. The van der Waals surface area contributed by atoms with Crippen molar-refractivity contribution in [2.45, 2.75) is 88.7 Å². The smallest absolute Gasteiger partial charge is 0.187 e. The van der Waals surface area contributed by atoms with E-state index in [9.17, 15) is 10.2 Å². The van der Waals surface area contributed by atoms with Crippen molar-refractivity contribution in [3.8, 4) is 0 Å². The van der Waals surface area contributed by atoms with Gasteiger partial charge in [0.05, 0.1) is 52.1 Å². The minimum absolute atomic E-state index is 0.0195. The van der Waals surface area contributed by atoms with Crippen molar-refractivity contribution in [2.24, 2.45) is 5.92 Å². The Bertz CT molecular complexity index is 1580. The molecule has 11 heteroatoms. The fraction of sp³-hybridized carbons (Fsp3) is 0.429. The summed E-state index contributed by atoms with van der Waals surface area (Å²) >= 11 is 0. The minimum atomic E-state index is -1.34. The van der Waals surface area contributed by atoms with E-state index in [1.807, 2.05) is 128 Å². The molecule has 0 bridgehead atoms. The minimum Gasteiger partial charge on any atom is -0.387 e. The Hall–Kier alpha value is -3.09. The first kappa shape index (κ1) is 39.6. The molecule has 2 saturated heterocycles. The van der Waals surface area contributed by atoms with Crippen LogP contribution in [0.4, 0.5) is 0 Å². The summed E-state index contributed by atoms with van der Waals surface area (Å²) in [6, 6.07) is 39.2. The summed E-state index contributed by atoms with van der Waals surface area (Å²) in [6.45, 7) is 3.43. The molecule has 2 heterocycles. The normalized spacial score (nSPS) is 28.8. The molecule has 0 radical (unpaired) electrons. The highest BCUT2D eigenvalue weighted by atomic mass is 31.0. The van der Waals surface area contributed by atoms with E-state index in [0.29, 0.717) is 26.2 Å². The van der Waals surface area contributed by atoms with Crippen molar-refractivity contribution in [1.29, 1.82) is 0 Å². The molecule has 2 aliphatic rings. The standard InChI is InChI=1S/C42H51O10P/c1-29-38(35(27-46-23-31-16-8-3-9-17-31)51-41(49-28-53)39(29)47-24-32-18-10-4-11-19-32)52-42-40(48-25-33-20-12-5-13-21-33)37(44)36(43)34(50-42)26-45-22-30-14-6-2-7-15-30/h2-21,29,34-44H,22-28,53H2,1H3/t29?,34?,35-,36-,37-,38-,39?,40?,41+,42-/m0/s1. The van der Waals surface area contributed by atoms with Gasteiger partial charge in [0.25, 0.3) is 0 Å². The van der Waals surface area contributed by atoms with Crippen molar-refractivity contribution in [3.63, 3.8) is 0 Å². The molecule has 0 aromatic heterocycles. The van der Waals surface area contributed by atoms with Gasteiger partial charge in [-0.2, -0.15) is 0 Å². The molecule has 284 valence electrons. The van der Waals surface area contributed by atoms with Gasteiger partial charge in [-0.3, -0.25) is 0 Å². The van der Waals surface area contributed by atoms with E-state index in [-0.39, 0.29) is 25.7 Å². The Labute approximate surface area is 314 Å². The maximum atomic E-state index is 11.6. The summed E-state index contributed by atoms with van der Waals surface area (Å²) in [4.78, 5) is 0. The summed E-state index contributed by atoms with van der Waals surface area (Å²) < 4.78 is 51.0. The number of benzene rings is 4. The predicted molar refractivity (Wildman–Crippen MR) is 201 cm³/mol. The highest BCUT2D eigenvalue weighted by Crippen LogP contribution is 2.36. The van der Waals surface area contributed by atoms with Gasteiger partial charge in [0.1, 0.15) is 36.6 Å². The number of hydrogen-bond donors (Lipinski definition) is 2. The van der Waals surface area contributed by atoms with Gasteiger partial charge in [-0.05, 0) is 22.3 Å². The number of aliphatic hydroxyl groups excluding tert-OH is 2. The van der Waals surface area contributed by atoms with Crippen molar-refractivity contribution < 1.29 is 48.1 Å². The van der Waals surface area contributed by atoms with Crippen LogP contribution in [0.5, 0.6) is 0 Å². The van der Waals surface area contributed by atoms with Gasteiger partial charge < -0.3 is 48.1 Å². The highest BCUT2D eigenvalue weighted by molar-refractivity contribution is 7.16. The van der Waals surface area contributed by atoms with E-state index in [0.717, 1.165) is 22.3 Å². The van der Waals surface area contributed by atoms with Crippen LogP contribution in [0.25, 0.3) is 0 Å². The van der Waals surface area contributed by atoms with Gasteiger partial charge in [0.15, 0.2) is 12.6 Å². The predicted octanol–water partition coefficient (Wildman–Crippen LogP) is 5.63. The van der Waals surface area contributed by atoms with Crippen molar-refractivity contribution in [1.82, 2.24) is 0 Å². The van der Waals surface area contributed by atoms with Crippen LogP contribution in [-0.4, -0.2) is 85.1 Å². The fourth-order valence-electron chi connectivity index (χ4n) is 6.66. The highest BCUT2D eigenvalue weighted by Gasteiger charge is 2.51. The average molecular weight is 747 g/mol. The van der Waals surface area contributed by atoms with E-state index in [4.69, 9.17) is 37.9 Å². The molecular weight excluding hydrogens is 695 g/mol. The van der Waals surface area contributed by atoms with Crippen LogP contribution in [0.1, 0.15) is 29.2 Å². The molecule has 0 amide bonds. The monoisotopic (exact) mass is 746 g/mol. The van der Waals surface area contributed by atoms with Crippen LogP contribution in [0.2, 0.25) is 0 Å². The Morgan fingerprint density at radius 2 is 0.943 bits per heavy atom. The zero-order chi connectivity index (χ0) is 36.8. The summed E-state index contributed by atoms with van der Waals surface area (Å²) in [5, 5.41) is 22.9. The number of rotatable bonds is 18. The molecular formula is C42H51O10P. The van der Waals surface area contributed by atoms with Gasteiger partial charge in [0, 0.05) is 5.92 Å². The molecule has 4 aromatic rings. The second-order valence-corrected chi connectivity index (χ2v) is 13.7. The van der Waals surface area contributed by atoms with Crippen LogP contribution < -0.4 is 0 Å². The zero-order valence-electron chi connectivity index (χ0n) is 30.0. The number of aliphatic hydroxyl groups is 2. The third kappa shape index (κ3) is 11.2. The molecule has 4 aromatic carbocycles. The quantitative estimate of drug-likeness (QED) is 0.124. The van der Waals surface area contributed by atoms with Crippen molar-refractivity contribution >= 4 is 9.24 Å². The molecule has 53 heavy (non-hydrogen) atoms. The van der Waals surface area contributed by atoms with Crippen LogP contribution in [0.15, 0.2) is 121 Å². The molecule has 0 saturated carbocycles. The third-order valence-corrected chi connectivity index (χ3v) is 9.73. The van der Waals surface area contributed by atoms with E-state index in [2.05, 4.69) is 9.24 Å². The van der Waals surface area contributed by atoms with Gasteiger partial charge >= 0.3 is 0 Å². The zero-order valence-corrected chi connectivity index (χ0v) is 31.2. The maximum absolute atomic E-state index is 11.6. The van der Waals surface area contributed by atoms with E-state index < -0.39 is 55.3 Å². The summed E-state index contributed by atoms with van der Waals surface area (Å²) in [6.07, 6.45) is -7.85. The van der Waals surface area contributed by atoms with Crippen LogP contribution >= 0.6 is 9.24 Å². The number of hydrogen-bond acceptors (Lipinski definition) is 10. The van der Waals surface area contributed by atoms with Crippen LogP contribution in [0.3, 0.4) is 0 Å².